The molecular weight excluding hydrogens is 1130 g/mol. The highest BCUT2D eigenvalue weighted by Gasteiger charge is 2.48. The van der Waals surface area contributed by atoms with Crippen molar-refractivity contribution in [3.05, 3.63) is 251 Å². The van der Waals surface area contributed by atoms with Crippen LogP contribution in [0.4, 0.5) is 0 Å². The summed E-state index contributed by atoms with van der Waals surface area (Å²) in [5, 5.41) is 15.2. The van der Waals surface area contributed by atoms with E-state index in [1.54, 1.807) is 0 Å². The standard InChI is InChI=1S/C90H64B2O2/c1-87(2,3)47-37-64-58-41-66-51-23-12-16-33-75(51)93-85(66)57-29-20-32-71(79(57)58)91-72-36-46(35-68-80(72)59(65(38-47)84(64)91)42-67-52-24-13-17-34-76(52)94-86(67)68)45-88(4,5)48-39-62-53-25-18-27-55-77(53)73(43-60-49-21-10-14-30-69(49)89(6,7)81(55)60)92-74-44-61-50-22-11-15-31-70(50)90(8,9)82(61)56-28-19-26-54(78(56)74)63(40-48)83(62)92/h10-44H,45H2,1-9H3. The van der Waals surface area contributed by atoms with E-state index in [2.05, 4.69) is 275 Å². The van der Waals surface area contributed by atoms with Gasteiger partial charge < -0.3 is 8.83 Å². The Hall–Kier alpha value is -10.2. The molecule has 0 amide bonds. The zero-order chi connectivity index (χ0) is 62.7. The molecule has 4 heteroatoms. The topological polar surface area (TPSA) is 26.3 Å². The molecule has 4 aliphatic heterocycles. The fraction of sp³-hybridized carbons (Fsp3) is 0.156. The Labute approximate surface area is 547 Å². The lowest BCUT2D eigenvalue weighted by molar-refractivity contribution is 0.523. The molecule has 6 aliphatic rings. The van der Waals surface area contributed by atoms with Gasteiger partial charge in [-0.3, -0.25) is 0 Å². The first-order valence-corrected chi connectivity index (χ1v) is 34.1. The normalized spacial score (nSPS) is 15.2. The lowest BCUT2D eigenvalue weighted by Gasteiger charge is -2.38. The van der Waals surface area contributed by atoms with Crippen LogP contribution in [0.15, 0.2) is 221 Å². The molecule has 0 atom stereocenters. The van der Waals surface area contributed by atoms with Crippen LogP contribution < -0.4 is 32.8 Å². The predicted molar refractivity (Wildman–Crippen MR) is 399 cm³/mol. The van der Waals surface area contributed by atoms with Gasteiger partial charge in [-0.25, -0.2) is 0 Å². The van der Waals surface area contributed by atoms with Crippen molar-refractivity contribution in [3.63, 3.8) is 0 Å². The summed E-state index contributed by atoms with van der Waals surface area (Å²) in [6.07, 6.45) is 0.806. The molecule has 22 rings (SSSR count). The van der Waals surface area contributed by atoms with Gasteiger partial charge in [0.2, 0.25) is 13.4 Å². The number of hydrogen-bond acceptors (Lipinski definition) is 2. The van der Waals surface area contributed by atoms with Gasteiger partial charge in [-0.2, -0.15) is 0 Å². The molecule has 94 heavy (non-hydrogen) atoms. The molecule has 16 aromatic rings. The Morgan fingerprint density at radius 2 is 0.734 bits per heavy atom. The largest absolute Gasteiger partial charge is 0.455 e. The van der Waals surface area contributed by atoms with E-state index in [9.17, 15) is 0 Å². The molecule has 2 aromatic heterocycles. The minimum atomic E-state index is -0.344. The summed E-state index contributed by atoms with van der Waals surface area (Å²) in [5.41, 5.74) is 37.3. The maximum atomic E-state index is 7.20. The van der Waals surface area contributed by atoms with Crippen molar-refractivity contribution >= 4 is 133 Å². The predicted octanol–water partition coefficient (Wildman–Crippen LogP) is 19.5. The summed E-state index contributed by atoms with van der Waals surface area (Å²) in [5.74, 6) is 0. The van der Waals surface area contributed by atoms with Crippen LogP contribution in [0.5, 0.6) is 0 Å². The molecule has 442 valence electrons. The number of para-hydroxylation sites is 2. The van der Waals surface area contributed by atoms with E-state index in [0.717, 1.165) is 39.5 Å². The van der Waals surface area contributed by atoms with Crippen LogP contribution in [0, 0.1) is 0 Å². The van der Waals surface area contributed by atoms with Crippen LogP contribution in [-0.4, -0.2) is 13.4 Å². The van der Waals surface area contributed by atoms with Crippen molar-refractivity contribution < 1.29 is 8.83 Å². The van der Waals surface area contributed by atoms with Crippen molar-refractivity contribution in [2.24, 2.45) is 0 Å². The maximum Gasteiger partial charge on any atom is 0.244 e. The highest BCUT2D eigenvalue weighted by molar-refractivity contribution is 7.02. The molecular formula is C90H64B2O2. The molecule has 0 saturated heterocycles. The molecule has 0 N–H and O–H groups in total. The Kier molecular flexibility index (Phi) is 9.45. The summed E-state index contributed by atoms with van der Waals surface area (Å²) in [4.78, 5) is 0. The lowest BCUT2D eigenvalue weighted by atomic mass is 9.30. The molecule has 0 fully saturated rings. The van der Waals surface area contributed by atoms with Gasteiger partial charge in [0.25, 0.3) is 0 Å². The summed E-state index contributed by atoms with van der Waals surface area (Å²) in [6.45, 7) is 22.0. The van der Waals surface area contributed by atoms with Crippen LogP contribution in [0.3, 0.4) is 0 Å². The number of fused-ring (bicyclic) bond motifs is 24. The van der Waals surface area contributed by atoms with Gasteiger partial charge in [0.15, 0.2) is 0 Å². The van der Waals surface area contributed by atoms with Gasteiger partial charge in [-0.15, -0.1) is 0 Å². The van der Waals surface area contributed by atoms with Crippen molar-refractivity contribution in [2.75, 3.05) is 0 Å². The third-order valence-corrected chi connectivity index (χ3v) is 24.2. The Bertz CT molecular complexity index is 6170. The van der Waals surface area contributed by atoms with Gasteiger partial charge in [-0.1, -0.05) is 277 Å². The van der Waals surface area contributed by atoms with Gasteiger partial charge in [0, 0.05) is 43.1 Å². The van der Waals surface area contributed by atoms with Crippen molar-refractivity contribution in [2.45, 2.75) is 90.4 Å². The van der Waals surface area contributed by atoms with Crippen LogP contribution in [0.2, 0.25) is 0 Å². The smallest absolute Gasteiger partial charge is 0.244 e. The molecule has 2 nitrogen and oxygen atoms in total. The van der Waals surface area contributed by atoms with Crippen molar-refractivity contribution in [3.8, 4) is 66.8 Å². The van der Waals surface area contributed by atoms with E-state index in [4.69, 9.17) is 8.83 Å². The zero-order valence-electron chi connectivity index (χ0n) is 54.4. The molecule has 0 bridgehead atoms. The van der Waals surface area contributed by atoms with Crippen molar-refractivity contribution in [1.82, 2.24) is 0 Å². The Morgan fingerprint density at radius 3 is 1.29 bits per heavy atom. The lowest BCUT2D eigenvalue weighted by Crippen LogP contribution is -2.57. The van der Waals surface area contributed by atoms with Crippen LogP contribution in [0.1, 0.15) is 101 Å². The molecule has 0 spiro atoms. The molecule has 0 unspecified atom stereocenters. The first-order valence-electron chi connectivity index (χ1n) is 34.1. The second-order valence-corrected chi connectivity index (χ2v) is 31.4. The van der Waals surface area contributed by atoms with E-state index >= 15 is 0 Å². The number of benzene rings is 14. The number of rotatable bonds is 3. The average Bonchev–Trinajstić information content (AvgIpc) is 1.13. The third-order valence-electron chi connectivity index (χ3n) is 24.2. The molecule has 2 aliphatic carbocycles. The van der Waals surface area contributed by atoms with Crippen LogP contribution in [-0.2, 0) is 28.1 Å². The third kappa shape index (κ3) is 6.24. The number of hydrogen-bond donors (Lipinski definition) is 0. The second kappa shape index (κ2) is 17.0. The molecule has 14 aromatic carbocycles. The average molecular weight is 1200 g/mol. The van der Waals surface area contributed by atoms with E-state index in [0.29, 0.717) is 0 Å². The Morgan fingerprint density at radius 1 is 0.319 bits per heavy atom. The molecule has 0 radical (unpaired) electrons. The number of furan rings is 2. The van der Waals surface area contributed by atoms with Gasteiger partial charge >= 0.3 is 0 Å². The second-order valence-electron chi connectivity index (χ2n) is 31.4. The Balaban J connectivity index is 0.806. The van der Waals surface area contributed by atoms with Crippen LogP contribution in [0.25, 0.3) is 154 Å². The fourth-order valence-corrected chi connectivity index (χ4v) is 20.2. The monoisotopic (exact) mass is 1200 g/mol. The SMILES string of the molecule is CC(C)(C)c1cc2c3c(c1)-c1cc4c5ccccc5oc4c4cc(CC(C)(C)c5cc6c7c(c5)-c5cccc8c9c(cc(c58)B7c5cc7c(c8cccc-6c58)C(C)(C)c5ccccc5-7)-c5ccccc5C9(C)C)cc(c14)B3c1cccc3c1c-2cc1c2ccccc2oc31. The minimum absolute atomic E-state index is 0.0218. The molecule has 0 saturated carbocycles. The van der Waals surface area contributed by atoms with Gasteiger partial charge in [0.05, 0.1) is 0 Å². The van der Waals surface area contributed by atoms with Gasteiger partial charge in [-0.05, 0) is 186 Å². The summed E-state index contributed by atoms with van der Waals surface area (Å²) >= 11 is 0. The van der Waals surface area contributed by atoms with Gasteiger partial charge in [0.1, 0.15) is 22.3 Å². The zero-order valence-corrected chi connectivity index (χ0v) is 54.4. The summed E-state index contributed by atoms with van der Waals surface area (Å²) in [6, 6.07) is 83.1. The van der Waals surface area contributed by atoms with E-state index in [-0.39, 0.29) is 35.1 Å². The maximum absolute atomic E-state index is 7.20. The first kappa shape index (κ1) is 52.4. The highest BCUT2D eigenvalue weighted by atomic mass is 16.3. The summed E-state index contributed by atoms with van der Waals surface area (Å²) < 4.78 is 14.1. The van der Waals surface area contributed by atoms with E-state index < -0.39 is 0 Å². The highest BCUT2D eigenvalue weighted by Crippen LogP contribution is 2.56. The van der Waals surface area contributed by atoms with E-state index in [1.165, 1.54) is 192 Å². The van der Waals surface area contributed by atoms with E-state index in [1.807, 2.05) is 0 Å². The first-order chi connectivity index (χ1) is 45.5. The molecule has 6 heterocycles. The van der Waals surface area contributed by atoms with Crippen LogP contribution >= 0.6 is 0 Å². The fourth-order valence-electron chi connectivity index (χ4n) is 20.2. The minimum Gasteiger partial charge on any atom is -0.455 e. The van der Waals surface area contributed by atoms with Crippen molar-refractivity contribution in [1.29, 1.82) is 0 Å². The quantitative estimate of drug-likeness (QED) is 0.165. The summed E-state index contributed by atoms with van der Waals surface area (Å²) in [7, 11) is 0.